The molecule has 7 N–H and O–H groups in total. The molecule has 2 heterocycles. The number of aliphatic carboxylic acids is 1. The standard InChI is InChI=1S/C28H44N2O4.C20H31NO.C8H17N3.C8H15NO4.C6H5N3O.C6H15N.C4H8O.ClH/c1-18(2)22-14-13-19(3)17-23(22)25(31)16-15-24(21-11-9-8-10-12-21)30-26(32)20(4)29-27(33)34-28(5,6)7;1-14(2)17-10-9-15(3)13-18(17)20(22)12-11-19(21)16-7-5-4-6-8-16;1-4-9-8-10-6-5-7-11(2)3;1-5(6(10)11)9-7(12)13-8(2,3)4;10-9-6-4-2-1-3-5(6)7-8-9;1-4-7(5-2)6-3;1-2-4-5-3-1;/h8-12,18-20,22-24H,13-17H2,1-7H3,(H,29,33)(H,30,32);4-8,14-15,17-19H,9-13,21H2,1-3H3;4-7H2,1-3H3;5H,1-4H3,(H,9,12)(H,10,11);1-4,10H;4-6H2,1-3H3;1-4H2;1H/t19-,20-,22+,23-,24+;15-,17+,18-,19+;;5-;;;;/m11.1..../s1. The van der Waals surface area contributed by atoms with E-state index in [0.29, 0.717) is 77.4 Å². The van der Waals surface area contributed by atoms with Crippen LogP contribution in [0.15, 0.2) is 94.9 Å². The number of Topliss-reactive ketones (excluding diaryl/α,β-unsaturated/α-hetero) is 2. The van der Waals surface area contributed by atoms with Gasteiger partial charge in [0, 0.05) is 50.5 Å². The van der Waals surface area contributed by atoms with Crippen LogP contribution >= 0.6 is 12.4 Å². The minimum absolute atomic E-state index is 0. The molecule has 22 nitrogen and oxygen atoms in total. The lowest BCUT2D eigenvalue weighted by molar-refractivity contribution is -0.139. The summed E-state index contributed by atoms with van der Waals surface area (Å²) >= 11 is 0. The number of nitrogens with one attached hydrogen (secondary N) is 3. The summed E-state index contributed by atoms with van der Waals surface area (Å²) in [4.78, 5) is 85.4. The zero-order valence-electron chi connectivity index (χ0n) is 66.5. The largest absolute Gasteiger partial charge is 0.480 e. The average molecular weight is 1460 g/mol. The Labute approximate surface area is 625 Å². The third-order valence-corrected chi connectivity index (χ3v) is 17.9. The van der Waals surface area contributed by atoms with Crippen LogP contribution in [0.25, 0.3) is 11.0 Å². The first-order valence-corrected chi connectivity index (χ1v) is 37.5. The van der Waals surface area contributed by atoms with Crippen LogP contribution in [0, 0.1) is 47.3 Å². The van der Waals surface area contributed by atoms with E-state index >= 15 is 0 Å². The van der Waals surface area contributed by atoms with E-state index < -0.39 is 41.4 Å². The van der Waals surface area contributed by atoms with Gasteiger partial charge >= 0.3 is 18.2 Å². The number of aromatic nitrogens is 3. The number of benzene rings is 3. The first kappa shape index (κ1) is 96.2. The molecule has 3 amide bonds. The normalized spacial score (nSPS) is 18.7. The number of carboxylic acids is 1. The molecule has 23 heteroatoms. The van der Waals surface area contributed by atoms with E-state index in [1.54, 1.807) is 60.6 Å². The van der Waals surface area contributed by atoms with E-state index in [9.17, 15) is 28.8 Å². The molecule has 1 aliphatic heterocycles. The first-order chi connectivity index (χ1) is 48.1. The molecule has 7 rings (SSSR count). The lowest BCUT2D eigenvalue weighted by Crippen LogP contribution is -2.47. The number of fused-ring (bicyclic) bond motifs is 1. The highest BCUT2D eigenvalue weighted by molar-refractivity contribution is 5.86. The van der Waals surface area contributed by atoms with Crippen LogP contribution in [-0.4, -0.2) is 167 Å². The van der Waals surface area contributed by atoms with Crippen molar-refractivity contribution in [3.63, 3.8) is 0 Å². The Balaban J connectivity index is 0.00000129. The van der Waals surface area contributed by atoms with Crippen LogP contribution in [0.3, 0.4) is 0 Å². The smallest absolute Gasteiger partial charge is 0.408 e. The van der Waals surface area contributed by atoms with Crippen LogP contribution in [-0.2, 0) is 33.4 Å². The van der Waals surface area contributed by atoms with Crippen molar-refractivity contribution in [2.75, 3.05) is 66.6 Å². The SMILES string of the molecule is C1CCOC1.CC(C)[C@@H]1CC[C@@H](C)C[C@H]1C(=O)CC[C@H](N)c1ccccc1.CC(C)[C@@H]1CC[C@@H](C)C[C@H]1C(=O)CC[C@H](NC(=O)[C@@H](C)NC(=O)OC(C)(C)C)c1ccccc1.CCN(CC)CC.CCN=C=NCCCN(C)C.C[C@@H](NC(=O)OC(C)(C)C)C(=O)O.Cl.On1nnc2ccccc21. The van der Waals surface area contributed by atoms with Gasteiger partial charge in [0.05, 0.1) is 18.6 Å². The number of carboxylic acid groups (broad SMARTS) is 1. The number of alkyl carbamates (subject to hydrolysis) is 2. The Morgan fingerprint density at radius 3 is 1.52 bits per heavy atom. The molecule has 3 aromatic carbocycles. The summed E-state index contributed by atoms with van der Waals surface area (Å²) in [6, 6.07) is 27.6. The van der Waals surface area contributed by atoms with Gasteiger partial charge in [-0.25, -0.2) is 19.6 Å². The Kier molecular flexibility index (Phi) is 49.5. The minimum atomic E-state index is -1.09. The van der Waals surface area contributed by atoms with Gasteiger partial charge in [-0.3, -0.25) is 19.2 Å². The lowest BCUT2D eigenvalue weighted by Gasteiger charge is -2.36. The quantitative estimate of drug-likeness (QED) is 0.0204. The first-order valence-electron chi connectivity index (χ1n) is 37.5. The van der Waals surface area contributed by atoms with Crippen LogP contribution in [0.1, 0.15) is 231 Å². The van der Waals surface area contributed by atoms with Crippen molar-refractivity contribution < 1.29 is 53.3 Å². The number of hydrogen-bond donors (Lipinski definition) is 6. The van der Waals surface area contributed by atoms with Crippen molar-refractivity contribution in [1.82, 2.24) is 40.9 Å². The third kappa shape index (κ3) is 43.3. The summed E-state index contributed by atoms with van der Waals surface area (Å²) in [6.07, 6.45) is 11.4. The summed E-state index contributed by atoms with van der Waals surface area (Å²) in [7, 11) is 4.12. The highest BCUT2D eigenvalue weighted by atomic mass is 35.5. The van der Waals surface area contributed by atoms with E-state index in [0.717, 1.165) is 80.9 Å². The fourth-order valence-electron chi connectivity index (χ4n) is 12.0. The molecule has 1 saturated heterocycles. The van der Waals surface area contributed by atoms with Crippen molar-refractivity contribution in [3.8, 4) is 0 Å². The van der Waals surface area contributed by atoms with Crippen LogP contribution < -0.4 is 21.7 Å². The number of amides is 3. The zero-order valence-corrected chi connectivity index (χ0v) is 67.4. The second-order valence-electron chi connectivity index (χ2n) is 30.0. The molecule has 10 atom stereocenters. The Morgan fingerprint density at radius 2 is 1.12 bits per heavy atom. The highest BCUT2D eigenvalue weighted by Gasteiger charge is 2.37. The maximum absolute atomic E-state index is 13.3. The van der Waals surface area contributed by atoms with Gasteiger partial charge in [-0.05, 0) is 224 Å². The number of ketones is 2. The lowest BCUT2D eigenvalue weighted by atomic mass is 9.68. The molecule has 2 saturated carbocycles. The number of para-hydroxylation sites is 1. The highest BCUT2D eigenvalue weighted by Crippen LogP contribution is 2.41. The number of carbonyl (C=O) groups excluding carboxylic acids is 5. The van der Waals surface area contributed by atoms with Gasteiger partial charge in [-0.2, -0.15) is 0 Å². The summed E-state index contributed by atoms with van der Waals surface area (Å²) in [6.45, 7) is 43.7. The second kappa shape index (κ2) is 53.0. The van der Waals surface area contributed by atoms with E-state index in [1.165, 1.54) is 58.7 Å². The number of nitrogens with two attached hydrogens (primary N) is 1. The molecule has 3 fully saturated rings. The van der Waals surface area contributed by atoms with Crippen molar-refractivity contribution in [1.29, 1.82) is 0 Å². The number of hydrogen-bond acceptors (Lipinski definition) is 17. The zero-order chi connectivity index (χ0) is 77.0. The molecule has 103 heavy (non-hydrogen) atoms. The summed E-state index contributed by atoms with van der Waals surface area (Å²) in [5, 5.41) is 32.3. The minimum Gasteiger partial charge on any atom is -0.480 e. The molecular weight excluding hydrogens is 1330 g/mol. The Hall–Kier alpha value is -6.81. The molecule has 0 bridgehead atoms. The second-order valence-corrected chi connectivity index (χ2v) is 30.0. The number of halogens is 1. The Bertz CT molecular complexity index is 3000. The summed E-state index contributed by atoms with van der Waals surface area (Å²) in [5.74, 6) is 3.06. The molecule has 4 aromatic rings. The third-order valence-electron chi connectivity index (χ3n) is 17.9. The van der Waals surface area contributed by atoms with E-state index in [1.807, 2.05) is 67.6 Å². The van der Waals surface area contributed by atoms with Crippen LogP contribution in [0.5, 0.6) is 0 Å². The molecule has 0 radical (unpaired) electrons. The van der Waals surface area contributed by atoms with Crippen molar-refractivity contribution in [2.24, 2.45) is 63.1 Å². The molecule has 0 unspecified atom stereocenters. The van der Waals surface area contributed by atoms with Gasteiger partial charge < -0.3 is 56.0 Å². The van der Waals surface area contributed by atoms with Gasteiger partial charge in [-0.1, -0.05) is 153 Å². The number of rotatable bonds is 25. The van der Waals surface area contributed by atoms with Crippen molar-refractivity contribution in [2.45, 2.75) is 243 Å². The fourth-order valence-corrected chi connectivity index (χ4v) is 12.0. The Morgan fingerprint density at radius 1 is 0.660 bits per heavy atom. The van der Waals surface area contributed by atoms with Crippen LogP contribution in [0.4, 0.5) is 9.59 Å². The molecule has 2 aliphatic carbocycles. The topological polar surface area (TPSA) is 295 Å². The maximum atomic E-state index is 13.3. The predicted octanol–water partition coefficient (Wildman–Crippen LogP) is 15.9. The van der Waals surface area contributed by atoms with E-state index in [-0.39, 0.29) is 42.2 Å². The number of nitrogens with zero attached hydrogens (tertiary/aromatic N) is 7. The summed E-state index contributed by atoms with van der Waals surface area (Å²) in [5.41, 5.74) is 8.40. The van der Waals surface area contributed by atoms with E-state index in [4.69, 9.17) is 30.3 Å². The van der Waals surface area contributed by atoms with Gasteiger partial charge in [0.2, 0.25) is 5.91 Å². The summed E-state index contributed by atoms with van der Waals surface area (Å²) < 4.78 is 15.0. The van der Waals surface area contributed by atoms with Gasteiger partial charge in [0.1, 0.15) is 45.9 Å². The number of ether oxygens (including phenoxy) is 3. The molecule has 3 aliphatic rings. The van der Waals surface area contributed by atoms with E-state index in [2.05, 4.69) is 141 Å². The molecule has 0 spiro atoms. The monoisotopic (exact) mass is 1460 g/mol. The van der Waals surface area contributed by atoms with Gasteiger partial charge in [0.15, 0.2) is 0 Å². The van der Waals surface area contributed by atoms with Crippen molar-refractivity contribution in [3.05, 3.63) is 96.1 Å². The molecule has 1 aromatic heterocycles. The number of aliphatic imine (C=N–C) groups is 2. The average Bonchev–Trinajstić information content (AvgIpc) is 1.26. The molecule has 584 valence electrons. The van der Waals surface area contributed by atoms with Gasteiger partial charge in [-0.15, -0.1) is 17.5 Å². The van der Waals surface area contributed by atoms with Crippen LogP contribution in [0.2, 0.25) is 0 Å². The maximum Gasteiger partial charge on any atom is 0.408 e. The predicted molar refractivity (Wildman–Crippen MR) is 418 cm³/mol. The number of carbonyl (C=O) groups is 6. The fraction of sp³-hybridized carbons (Fsp3) is 0.688. The molecular formula is C80H136ClN11O11. The van der Waals surface area contributed by atoms with Crippen molar-refractivity contribution >= 4 is 65.1 Å². The van der Waals surface area contributed by atoms with Gasteiger partial charge in [0.25, 0.3) is 0 Å².